The van der Waals surface area contributed by atoms with Crippen molar-refractivity contribution in [2.24, 2.45) is 0 Å². The molecule has 1 aromatic rings. The van der Waals surface area contributed by atoms with Crippen LogP contribution in [0.3, 0.4) is 0 Å². The minimum atomic E-state index is -0.932. The number of allylic oxidation sites excluding steroid dienone is 1. The third-order valence-electron chi connectivity index (χ3n) is 1.85. The summed E-state index contributed by atoms with van der Waals surface area (Å²) < 4.78 is 13.1. The molecule has 1 rings (SSSR count). The van der Waals surface area contributed by atoms with Gasteiger partial charge in [0, 0.05) is 6.20 Å². The highest BCUT2D eigenvalue weighted by molar-refractivity contribution is 6.31. The van der Waals surface area contributed by atoms with Gasteiger partial charge in [0.15, 0.2) is 0 Å². The van der Waals surface area contributed by atoms with Crippen LogP contribution in [0.15, 0.2) is 23.9 Å². The molecule has 0 bridgehead atoms. The van der Waals surface area contributed by atoms with Gasteiger partial charge in [0.2, 0.25) is 0 Å². The molecule has 0 amide bonds. The van der Waals surface area contributed by atoms with Crippen LogP contribution >= 0.6 is 11.6 Å². The van der Waals surface area contributed by atoms with Crippen LogP contribution in [0, 0.1) is 38.6 Å². The molecule has 0 saturated heterocycles. The van der Waals surface area contributed by atoms with Crippen LogP contribution in [0.25, 0.3) is 0 Å². The van der Waals surface area contributed by atoms with E-state index < -0.39 is 16.4 Å². The van der Waals surface area contributed by atoms with E-state index >= 15 is 0 Å². The van der Waals surface area contributed by atoms with Gasteiger partial charge in [-0.05, 0) is 6.07 Å². The summed E-state index contributed by atoms with van der Waals surface area (Å²) in [6, 6.07) is 4.76. The Balaban J connectivity index is 3.21. The standard InChI is InChI=1S/C10H4ClFN4O2/c11-7-1-9(15-5-6(3-13)4-14)10(16(17)18)2-8(7)12/h1-2,5,15H. The fraction of sp³-hybridized carbons (Fsp3) is 0. The van der Waals surface area contributed by atoms with Gasteiger partial charge in [-0.25, -0.2) is 4.39 Å². The Morgan fingerprint density at radius 3 is 2.61 bits per heavy atom. The number of nitro groups is 1. The van der Waals surface area contributed by atoms with Crippen LogP contribution in [0.5, 0.6) is 0 Å². The van der Waals surface area contributed by atoms with Crippen LogP contribution in [0.1, 0.15) is 0 Å². The summed E-state index contributed by atoms with van der Waals surface area (Å²) in [5, 5.41) is 29.7. The van der Waals surface area contributed by atoms with Crippen LogP contribution in [-0.2, 0) is 0 Å². The number of nitro benzene ring substituents is 1. The molecule has 0 aromatic heterocycles. The maximum absolute atomic E-state index is 13.1. The lowest BCUT2D eigenvalue weighted by Crippen LogP contribution is -1.98. The summed E-state index contributed by atoms with van der Waals surface area (Å²) >= 11 is 5.49. The summed E-state index contributed by atoms with van der Waals surface area (Å²) in [5.41, 5.74) is -0.956. The summed E-state index contributed by atoms with van der Waals surface area (Å²) in [6.45, 7) is 0. The van der Waals surface area contributed by atoms with Crippen molar-refractivity contribution in [2.75, 3.05) is 5.32 Å². The van der Waals surface area contributed by atoms with Gasteiger partial charge in [0.25, 0.3) is 5.69 Å². The van der Waals surface area contributed by atoms with Crippen molar-refractivity contribution in [3.8, 4) is 12.1 Å². The third kappa shape index (κ3) is 2.94. The molecule has 0 unspecified atom stereocenters. The smallest absolute Gasteiger partial charge is 0.295 e. The molecule has 0 saturated carbocycles. The summed E-state index contributed by atoms with van der Waals surface area (Å²) in [7, 11) is 0. The molecule has 18 heavy (non-hydrogen) atoms. The van der Waals surface area contributed by atoms with E-state index in [2.05, 4.69) is 5.32 Å². The summed E-state index contributed by atoms with van der Waals surface area (Å²) in [6.07, 6.45) is 0.969. The van der Waals surface area contributed by atoms with Gasteiger partial charge in [-0.2, -0.15) is 10.5 Å². The largest absolute Gasteiger partial charge is 0.354 e. The first-order valence-electron chi connectivity index (χ1n) is 4.40. The number of halogens is 2. The van der Waals surface area contributed by atoms with E-state index in [0.29, 0.717) is 6.07 Å². The van der Waals surface area contributed by atoms with Gasteiger partial charge >= 0.3 is 0 Å². The maximum atomic E-state index is 13.1. The number of rotatable bonds is 3. The Morgan fingerprint density at radius 2 is 2.11 bits per heavy atom. The van der Waals surface area contributed by atoms with E-state index in [0.717, 1.165) is 12.3 Å². The van der Waals surface area contributed by atoms with Gasteiger partial charge in [0.1, 0.15) is 29.2 Å². The molecule has 6 nitrogen and oxygen atoms in total. The van der Waals surface area contributed by atoms with Crippen LogP contribution < -0.4 is 5.32 Å². The van der Waals surface area contributed by atoms with E-state index in [4.69, 9.17) is 22.1 Å². The van der Waals surface area contributed by atoms with Gasteiger partial charge in [-0.15, -0.1) is 0 Å². The summed E-state index contributed by atoms with van der Waals surface area (Å²) in [5.74, 6) is -0.932. The molecule has 0 fully saturated rings. The second-order valence-electron chi connectivity index (χ2n) is 2.97. The van der Waals surface area contributed by atoms with Crippen LogP contribution in [0.4, 0.5) is 15.8 Å². The molecule has 8 heteroatoms. The second kappa shape index (κ2) is 5.62. The van der Waals surface area contributed by atoms with Gasteiger partial charge in [-0.1, -0.05) is 11.6 Å². The Morgan fingerprint density at radius 1 is 1.50 bits per heavy atom. The number of nitriles is 2. The number of nitrogens with zero attached hydrogens (tertiary/aromatic N) is 3. The first kappa shape index (κ1) is 13.4. The highest BCUT2D eigenvalue weighted by atomic mass is 35.5. The van der Waals surface area contributed by atoms with E-state index in [9.17, 15) is 14.5 Å². The lowest BCUT2D eigenvalue weighted by Gasteiger charge is -2.03. The van der Waals surface area contributed by atoms with E-state index in [1.54, 1.807) is 12.1 Å². The molecule has 0 aliphatic carbocycles. The monoisotopic (exact) mass is 266 g/mol. The average Bonchev–Trinajstić information content (AvgIpc) is 2.34. The van der Waals surface area contributed by atoms with Crippen molar-refractivity contribution >= 4 is 23.0 Å². The minimum Gasteiger partial charge on any atom is -0.354 e. The third-order valence-corrected chi connectivity index (χ3v) is 2.14. The molecule has 0 atom stereocenters. The van der Waals surface area contributed by atoms with Crippen molar-refractivity contribution in [3.63, 3.8) is 0 Å². The van der Waals surface area contributed by atoms with Gasteiger partial charge in [-0.3, -0.25) is 10.1 Å². The zero-order valence-corrected chi connectivity index (χ0v) is 9.40. The van der Waals surface area contributed by atoms with Crippen molar-refractivity contribution in [1.29, 1.82) is 10.5 Å². The zero-order valence-electron chi connectivity index (χ0n) is 8.65. The van der Waals surface area contributed by atoms with Gasteiger partial charge in [0.05, 0.1) is 16.0 Å². The molecule has 0 aliphatic heterocycles. The quantitative estimate of drug-likeness (QED) is 0.515. The van der Waals surface area contributed by atoms with Gasteiger partial charge < -0.3 is 5.32 Å². The number of benzene rings is 1. The molecule has 90 valence electrons. The predicted molar refractivity (Wildman–Crippen MR) is 61.0 cm³/mol. The molecule has 1 aromatic carbocycles. The Bertz CT molecular complexity index is 600. The van der Waals surface area contributed by atoms with Crippen LogP contribution in [0.2, 0.25) is 5.02 Å². The highest BCUT2D eigenvalue weighted by Gasteiger charge is 2.17. The molecular weight excluding hydrogens is 263 g/mol. The van der Waals surface area contributed by atoms with Crippen molar-refractivity contribution in [3.05, 3.63) is 44.9 Å². The molecule has 0 spiro atoms. The Hall–Kier alpha value is -2.64. The minimum absolute atomic E-state index is 0.116. The summed E-state index contributed by atoms with van der Waals surface area (Å²) in [4.78, 5) is 9.86. The van der Waals surface area contributed by atoms with E-state index in [1.165, 1.54) is 0 Å². The zero-order chi connectivity index (χ0) is 13.7. The first-order chi connectivity index (χ1) is 8.49. The van der Waals surface area contributed by atoms with Crippen molar-refractivity contribution in [2.45, 2.75) is 0 Å². The van der Waals surface area contributed by atoms with Crippen molar-refractivity contribution in [1.82, 2.24) is 0 Å². The molecule has 0 radical (unpaired) electrons. The predicted octanol–water partition coefficient (Wildman–Crippen LogP) is 2.73. The number of anilines is 1. The Labute approximate surface area is 106 Å². The first-order valence-corrected chi connectivity index (χ1v) is 4.77. The fourth-order valence-corrected chi connectivity index (χ4v) is 1.21. The van der Waals surface area contributed by atoms with E-state index in [-0.39, 0.29) is 16.3 Å². The number of hydrogen-bond acceptors (Lipinski definition) is 5. The molecular formula is C10H4ClFN4O2. The highest BCUT2D eigenvalue weighted by Crippen LogP contribution is 2.30. The van der Waals surface area contributed by atoms with Crippen molar-refractivity contribution < 1.29 is 9.31 Å². The lowest BCUT2D eigenvalue weighted by atomic mass is 10.2. The average molecular weight is 267 g/mol. The number of nitrogens with one attached hydrogen (secondary N) is 1. The topological polar surface area (TPSA) is 103 Å². The lowest BCUT2D eigenvalue weighted by molar-refractivity contribution is -0.384. The second-order valence-corrected chi connectivity index (χ2v) is 3.37. The van der Waals surface area contributed by atoms with E-state index in [1.807, 2.05) is 0 Å². The molecule has 0 heterocycles. The SMILES string of the molecule is N#CC(C#N)=CNc1cc(Cl)c(F)cc1[N+](=O)[O-]. The fourth-order valence-electron chi connectivity index (χ4n) is 1.04. The number of hydrogen-bond donors (Lipinski definition) is 1. The normalized spacial score (nSPS) is 8.89. The Kier molecular flexibility index (Phi) is 4.19. The molecule has 1 N–H and O–H groups in total. The maximum Gasteiger partial charge on any atom is 0.295 e. The van der Waals surface area contributed by atoms with Crippen LogP contribution in [-0.4, -0.2) is 4.92 Å². The molecule has 0 aliphatic rings.